The molecule has 0 aliphatic heterocycles. The molecule has 1 N–H and O–H groups in total. The molecular weight excluding hydrogens is 204 g/mol. The van der Waals surface area contributed by atoms with Gasteiger partial charge in [-0.05, 0) is 5.57 Å². The molecule has 86 valence electrons. The lowest BCUT2D eigenvalue weighted by molar-refractivity contribution is -0.109. The number of oxazole rings is 1. The molecule has 1 aromatic heterocycles. The third-order valence-corrected chi connectivity index (χ3v) is 2.10. The van der Waals surface area contributed by atoms with Gasteiger partial charge in [0.1, 0.15) is 6.26 Å². The highest BCUT2D eigenvalue weighted by molar-refractivity contribution is 5.46. The van der Waals surface area contributed by atoms with Crippen molar-refractivity contribution < 1.29 is 10.6 Å². The van der Waals surface area contributed by atoms with Crippen LogP contribution in [0.15, 0.2) is 53.8 Å². The number of nitrogens with one attached hydrogen (secondary N) is 1. The Morgan fingerprint density at radius 3 is 3.00 bits per heavy atom. The first-order valence-electron chi connectivity index (χ1n) is 4.85. The third-order valence-electron chi connectivity index (χ3n) is 2.10. The average Bonchev–Trinajstić information content (AvgIpc) is 2.81. The third kappa shape index (κ3) is 2.95. The first-order valence-corrected chi connectivity index (χ1v) is 4.85. The molecule has 1 atom stereocenters. The monoisotopic (exact) mass is 220 g/mol. The molecule has 0 saturated carbocycles. The Morgan fingerprint density at radius 2 is 2.50 bits per heavy atom. The second-order valence-corrected chi connectivity index (χ2v) is 3.06. The Hall–Kier alpha value is -2.10. The largest absolute Gasteiger partial charge is 0.448 e. The molecule has 0 aromatic carbocycles. The Labute approximate surface area is 95.9 Å². The van der Waals surface area contributed by atoms with Crippen molar-refractivity contribution in [3.05, 3.63) is 55.3 Å². The van der Waals surface area contributed by atoms with Crippen molar-refractivity contribution >= 4 is 6.41 Å². The van der Waals surface area contributed by atoms with Gasteiger partial charge in [0, 0.05) is 7.97 Å². The number of aromatic nitrogens is 1. The van der Waals surface area contributed by atoms with E-state index >= 15 is 0 Å². The Balaban J connectivity index is 0.00000256. The highest BCUT2D eigenvalue weighted by atomic mass is 16.3. The summed E-state index contributed by atoms with van der Waals surface area (Å²) in [5.74, 6) is 0.401. The fourth-order valence-corrected chi connectivity index (χ4v) is 1.38. The van der Waals surface area contributed by atoms with E-state index in [1.54, 1.807) is 18.3 Å². The number of carbonyl (C=O) groups is 1. The molecule has 0 aliphatic rings. The Morgan fingerprint density at radius 1 is 1.69 bits per heavy atom. The van der Waals surface area contributed by atoms with Gasteiger partial charge in [0.15, 0.2) is 0 Å². The lowest BCUT2D eigenvalue weighted by Gasteiger charge is -2.13. The van der Waals surface area contributed by atoms with Crippen LogP contribution in [0.1, 0.15) is 13.2 Å². The molecule has 1 aromatic rings. The van der Waals surface area contributed by atoms with Gasteiger partial charge >= 0.3 is 0 Å². The van der Waals surface area contributed by atoms with Gasteiger partial charge in [0.05, 0.1) is 12.1 Å². The highest BCUT2D eigenvalue weighted by Gasteiger charge is 2.18. The zero-order valence-electron chi connectivity index (χ0n) is 8.93. The first kappa shape index (κ1) is 12.0. The summed E-state index contributed by atoms with van der Waals surface area (Å²) in [5, 5.41) is 2.61. The molecule has 4 nitrogen and oxygen atoms in total. The van der Waals surface area contributed by atoms with E-state index in [2.05, 4.69) is 23.5 Å². The maximum atomic E-state index is 10.3. The number of carbonyl (C=O) groups excluding carboxylic acids is 1. The van der Waals surface area contributed by atoms with Gasteiger partial charge in [-0.2, -0.15) is 0 Å². The topological polar surface area (TPSA) is 55.1 Å². The molecule has 0 radical (unpaired) electrons. The SMILES string of the molecule is C=C/C=C(\C=C)C(CNC=O)c1ncco1.[HH]. The van der Waals surface area contributed by atoms with Crippen LogP contribution in [0, 0.1) is 0 Å². The molecule has 4 heteroatoms. The predicted octanol–water partition coefficient (Wildman–Crippen LogP) is 2.05. The standard InChI is InChI=1S/C12H14N2O2.H2/c1-3-5-10(4-2)11(8-13-9-15)12-14-6-7-16-12;/h3-7,9,11H,1-2,8H2,(H,13,15);1H/b10-5+;. The zero-order valence-corrected chi connectivity index (χ0v) is 8.93. The summed E-state index contributed by atoms with van der Waals surface area (Å²) in [5.41, 5.74) is 0.895. The molecule has 0 fully saturated rings. The molecule has 0 bridgehead atoms. The molecule has 0 saturated heterocycles. The van der Waals surface area contributed by atoms with E-state index in [0.717, 1.165) is 5.57 Å². The summed E-state index contributed by atoms with van der Waals surface area (Å²) in [4.78, 5) is 14.4. The van der Waals surface area contributed by atoms with Gasteiger partial charge in [0.2, 0.25) is 12.3 Å². The maximum absolute atomic E-state index is 10.3. The van der Waals surface area contributed by atoms with Crippen LogP contribution in [0.4, 0.5) is 0 Å². The fourth-order valence-electron chi connectivity index (χ4n) is 1.38. The quantitative estimate of drug-likeness (QED) is 0.565. The smallest absolute Gasteiger partial charge is 0.207 e. The Kier molecular flexibility index (Phi) is 4.79. The van der Waals surface area contributed by atoms with E-state index in [1.807, 2.05) is 6.08 Å². The van der Waals surface area contributed by atoms with Crippen molar-refractivity contribution in [1.29, 1.82) is 0 Å². The van der Waals surface area contributed by atoms with Crippen molar-refractivity contribution in [2.24, 2.45) is 0 Å². The molecule has 1 amide bonds. The van der Waals surface area contributed by atoms with E-state index < -0.39 is 0 Å². The van der Waals surface area contributed by atoms with Crippen LogP contribution >= 0.6 is 0 Å². The van der Waals surface area contributed by atoms with Gasteiger partial charge in [-0.1, -0.05) is 31.4 Å². The van der Waals surface area contributed by atoms with Gasteiger partial charge in [0.25, 0.3) is 0 Å². The molecule has 1 unspecified atom stereocenters. The summed E-state index contributed by atoms with van der Waals surface area (Å²) in [6.07, 6.45) is 8.88. The molecule has 16 heavy (non-hydrogen) atoms. The molecular formula is C12H16N2O2. The minimum atomic E-state index is -0.143. The molecule has 1 rings (SSSR count). The number of hydrogen-bond donors (Lipinski definition) is 1. The highest BCUT2D eigenvalue weighted by Crippen LogP contribution is 2.23. The second-order valence-electron chi connectivity index (χ2n) is 3.06. The zero-order chi connectivity index (χ0) is 11.8. The second kappa shape index (κ2) is 6.40. The number of rotatable bonds is 7. The van der Waals surface area contributed by atoms with Gasteiger partial charge < -0.3 is 9.73 Å². The number of nitrogens with zero attached hydrogens (tertiary/aromatic N) is 1. The van der Waals surface area contributed by atoms with Crippen molar-refractivity contribution in [2.75, 3.05) is 6.54 Å². The van der Waals surface area contributed by atoms with E-state index in [9.17, 15) is 4.79 Å². The van der Waals surface area contributed by atoms with E-state index in [-0.39, 0.29) is 7.34 Å². The summed E-state index contributed by atoms with van der Waals surface area (Å²) in [7, 11) is 0. The molecule has 0 spiro atoms. The van der Waals surface area contributed by atoms with Crippen LogP contribution < -0.4 is 5.32 Å². The summed E-state index contributed by atoms with van der Waals surface area (Å²) in [6, 6.07) is 0. The molecule has 0 aliphatic carbocycles. The van der Waals surface area contributed by atoms with Crippen molar-refractivity contribution in [1.82, 2.24) is 10.3 Å². The van der Waals surface area contributed by atoms with Crippen LogP contribution in [0.25, 0.3) is 0 Å². The van der Waals surface area contributed by atoms with Gasteiger partial charge in [-0.25, -0.2) is 4.98 Å². The van der Waals surface area contributed by atoms with E-state index in [1.165, 1.54) is 6.26 Å². The van der Waals surface area contributed by atoms with E-state index in [4.69, 9.17) is 4.42 Å². The van der Waals surface area contributed by atoms with Crippen LogP contribution in [-0.2, 0) is 4.79 Å². The van der Waals surface area contributed by atoms with Crippen molar-refractivity contribution in [3.63, 3.8) is 0 Å². The Bertz CT molecular complexity index is 385. The number of hydrogen-bond acceptors (Lipinski definition) is 3. The van der Waals surface area contributed by atoms with Crippen LogP contribution in [0.2, 0.25) is 0 Å². The summed E-state index contributed by atoms with van der Waals surface area (Å²) in [6.45, 7) is 7.76. The number of amides is 1. The van der Waals surface area contributed by atoms with Crippen LogP contribution in [0.3, 0.4) is 0 Å². The summed E-state index contributed by atoms with van der Waals surface area (Å²) < 4.78 is 5.23. The lowest BCUT2D eigenvalue weighted by atomic mass is 9.98. The normalized spacial score (nSPS) is 12.9. The van der Waals surface area contributed by atoms with Gasteiger partial charge in [-0.3, -0.25) is 4.79 Å². The fraction of sp³-hybridized carbons (Fsp3) is 0.167. The average molecular weight is 220 g/mol. The van der Waals surface area contributed by atoms with Crippen LogP contribution in [-0.4, -0.2) is 17.9 Å². The molecule has 1 heterocycles. The summed E-state index contributed by atoms with van der Waals surface area (Å²) >= 11 is 0. The predicted molar refractivity (Wildman–Crippen MR) is 63.9 cm³/mol. The first-order chi connectivity index (χ1) is 7.83. The van der Waals surface area contributed by atoms with E-state index in [0.29, 0.717) is 18.8 Å². The number of allylic oxidation sites excluding steroid dienone is 3. The lowest BCUT2D eigenvalue weighted by Crippen LogP contribution is -2.21. The van der Waals surface area contributed by atoms with Gasteiger partial charge in [-0.15, -0.1) is 0 Å². The maximum Gasteiger partial charge on any atom is 0.207 e. The minimum absolute atomic E-state index is 0. The minimum Gasteiger partial charge on any atom is -0.448 e. The van der Waals surface area contributed by atoms with Crippen molar-refractivity contribution in [2.45, 2.75) is 5.92 Å². The van der Waals surface area contributed by atoms with Crippen molar-refractivity contribution in [3.8, 4) is 0 Å². The van der Waals surface area contributed by atoms with Crippen LogP contribution in [0.5, 0.6) is 0 Å².